The number of aliphatic hydroxyl groups excluding tert-OH is 1. The van der Waals surface area contributed by atoms with E-state index in [9.17, 15) is 14.8 Å². The molecule has 3 N–H and O–H groups in total. The van der Waals surface area contributed by atoms with Crippen LogP contribution in [0.3, 0.4) is 0 Å². The zero-order chi connectivity index (χ0) is 34.8. The number of methoxy groups -OCH3 is 1. The molecule has 0 bridgehead atoms. The highest BCUT2D eigenvalue weighted by Crippen LogP contribution is 2.47. The van der Waals surface area contributed by atoms with Gasteiger partial charge in [0.15, 0.2) is 36.8 Å². The van der Waals surface area contributed by atoms with E-state index >= 15 is 4.39 Å². The van der Waals surface area contributed by atoms with Crippen molar-refractivity contribution in [3.63, 3.8) is 0 Å². The largest absolute Gasteiger partial charge is 0.505 e. The summed E-state index contributed by atoms with van der Waals surface area (Å²) in [6.45, 7) is 2.24. The van der Waals surface area contributed by atoms with Crippen LogP contribution in [0.5, 0.6) is 11.6 Å². The maximum atomic E-state index is 16.0. The summed E-state index contributed by atoms with van der Waals surface area (Å²) in [5, 5.41) is 25.9. The van der Waals surface area contributed by atoms with Crippen molar-refractivity contribution in [2.24, 2.45) is 0 Å². The normalized spacial score (nSPS) is 22.4. The van der Waals surface area contributed by atoms with Crippen LogP contribution in [0.2, 0.25) is 0 Å². The fraction of sp³-hybridized carbons (Fsp3) is 0.286. The van der Waals surface area contributed by atoms with Crippen molar-refractivity contribution in [1.29, 1.82) is 0 Å². The summed E-state index contributed by atoms with van der Waals surface area (Å²) in [4.78, 5) is 13.9. The van der Waals surface area contributed by atoms with Gasteiger partial charge < -0.3 is 29.7 Å². The molecule has 1 fully saturated rings. The van der Waals surface area contributed by atoms with Crippen LogP contribution in [0.1, 0.15) is 29.8 Å². The number of benzene rings is 3. The highest BCUT2D eigenvalue weighted by molar-refractivity contribution is 7.38. The van der Waals surface area contributed by atoms with E-state index in [1.165, 1.54) is 17.6 Å². The standard InChI is InChI=1S/C35H34FN5O7P/c1-5-33(43)30(42)34(36,21-47-49(4)44)48-31(33)41-22-37-27-28(41)38-32(39-29(27)46-6-2)40-35(23-13-9-7-10-14-23,24-15-11-8-12-16-24)25-17-19-26(45-3)20-18-25/h1,7-20,22,30-31,42-43H,6,21H2,2-4H3,(H,38,39,40)/q+1/t30-,31+,33+,34+/m0/s1. The number of terminal acetylenes is 1. The van der Waals surface area contributed by atoms with Gasteiger partial charge in [0, 0.05) is 0 Å². The van der Waals surface area contributed by atoms with E-state index < -0.39 is 44.0 Å². The molecule has 1 aliphatic rings. The van der Waals surface area contributed by atoms with E-state index in [1.54, 1.807) is 14.0 Å². The molecule has 3 aromatic carbocycles. The first-order chi connectivity index (χ1) is 23.6. The van der Waals surface area contributed by atoms with E-state index in [0.717, 1.165) is 16.7 Å². The Hall–Kier alpha value is -4.96. The van der Waals surface area contributed by atoms with Gasteiger partial charge in [-0.15, -0.1) is 10.9 Å². The van der Waals surface area contributed by atoms with Gasteiger partial charge in [-0.1, -0.05) is 78.7 Å². The molecule has 1 unspecified atom stereocenters. The van der Waals surface area contributed by atoms with Gasteiger partial charge in [-0.05, 0) is 40.3 Å². The van der Waals surface area contributed by atoms with Crippen LogP contribution >= 0.6 is 8.03 Å². The second kappa shape index (κ2) is 13.5. The number of nitrogens with one attached hydrogen (secondary N) is 1. The molecule has 5 aromatic rings. The van der Waals surface area contributed by atoms with Crippen LogP contribution < -0.4 is 14.8 Å². The quantitative estimate of drug-likeness (QED) is 0.0930. The van der Waals surface area contributed by atoms with Crippen LogP contribution in [0, 0.1) is 12.3 Å². The molecule has 0 radical (unpaired) electrons. The van der Waals surface area contributed by atoms with Gasteiger partial charge in [0.2, 0.25) is 17.4 Å². The van der Waals surface area contributed by atoms with Crippen LogP contribution in [-0.2, 0) is 19.4 Å². The molecule has 1 saturated heterocycles. The molecular weight excluding hydrogens is 652 g/mol. The van der Waals surface area contributed by atoms with Gasteiger partial charge in [-0.2, -0.15) is 9.97 Å². The molecule has 5 atom stereocenters. The zero-order valence-corrected chi connectivity index (χ0v) is 27.8. The number of halogens is 1. The number of fused-ring (bicyclic) bond motifs is 1. The number of anilines is 1. The Morgan fingerprint density at radius 1 is 1.06 bits per heavy atom. The number of aliphatic hydroxyl groups is 2. The van der Waals surface area contributed by atoms with Gasteiger partial charge in [0.1, 0.15) is 11.3 Å². The first-order valence-electron chi connectivity index (χ1n) is 15.3. The van der Waals surface area contributed by atoms with Crippen molar-refractivity contribution in [2.75, 3.05) is 32.3 Å². The number of hydrogen-bond donors (Lipinski definition) is 3. The molecule has 0 amide bonds. The fourth-order valence-electron chi connectivity index (χ4n) is 5.97. The summed E-state index contributed by atoms with van der Waals surface area (Å²) in [6, 6.07) is 27.0. The third kappa shape index (κ3) is 5.99. The summed E-state index contributed by atoms with van der Waals surface area (Å²) in [7, 11) is -0.670. The Morgan fingerprint density at radius 3 is 2.22 bits per heavy atom. The van der Waals surface area contributed by atoms with Crippen molar-refractivity contribution in [3.05, 3.63) is 108 Å². The first kappa shape index (κ1) is 33.9. The molecule has 12 nitrogen and oxygen atoms in total. The molecule has 6 rings (SSSR count). The lowest BCUT2D eigenvalue weighted by atomic mass is 9.77. The first-order valence-corrected chi connectivity index (χ1v) is 16.9. The summed E-state index contributed by atoms with van der Waals surface area (Å²) >= 11 is 0. The Morgan fingerprint density at radius 2 is 1.67 bits per heavy atom. The van der Waals surface area contributed by atoms with Gasteiger partial charge >= 0.3 is 8.03 Å². The molecule has 0 saturated carbocycles. The SMILES string of the molecule is C#C[C@]1(O)[C@H](n2cnc3c(OCC)nc(NC(c4ccccc4)(c4ccccc4)c4ccc(OC)cc4)nc32)O[C@](F)(CO[P+](C)=O)[C@H]1O. The van der Waals surface area contributed by atoms with E-state index in [4.69, 9.17) is 35.1 Å². The van der Waals surface area contributed by atoms with Crippen molar-refractivity contribution < 1.29 is 37.9 Å². The molecule has 3 heterocycles. The third-order valence-corrected chi connectivity index (χ3v) is 8.84. The topological polar surface area (TPSA) is 150 Å². The average molecular weight is 687 g/mol. The molecule has 0 spiro atoms. The van der Waals surface area contributed by atoms with E-state index in [-0.39, 0.29) is 29.6 Å². The minimum absolute atomic E-state index is 0.0447. The fourth-order valence-corrected chi connectivity index (χ4v) is 6.33. The number of hydrogen-bond acceptors (Lipinski definition) is 11. The van der Waals surface area contributed by atoms with Crippen LogP contribution in [-0.4, -0.2) is 74.3 Å². The maximum Gasteiger partial charge on any atom is 0.505 e. The Labute approximate surface area is 282 Å². The molecule has 14 heteroatoms. The minimum Gasteiger partial charge on any atom is -0.497 e. The molecule has 2 aromatic heterocycles. The van der Waals surface area contributed by atoms with Gasteiger partial charge in [-0.25, -0.2) is 9.37 Å². The minimum atomic E-state index is -3.02. The molecule has 1 aliphatic heterocycles. The van der Waals surface area contributed by atoms with Gasteiger partial charge in [0.25, 0.3) is 5.85 Å². The lowest BCUT2D eigenvalue weighted by Crippen LogP contribution is -2.50. The lowest BCUT2D eigenvalue weighted by molar-refractivity contribution is -0.201. The Kier molecular flexibility index (Phi) is 9.35. The van der Waals surface area contributed by atoms with Crippen LogP contribution in [0.25, 0.3) is 11.2 Å². The number of nitrogens with zero attached hydrogens (tertiary/aromatic N) is 4. The smallest absolute Gasteiger partial charge is 0.497 e. The van der Waals surface area contributed by atoms with E-state index in [0.29, 0.717) is 5.75 Å². The number of ether oxygens (including phenoxy) is 3. The summed E-state index contributed by atoms with van der Waals surface area (Å²) in [5.41, 5.74) is -0.980. The van der Waals surface area contributed by atoms with Gasteiger partial charge in [0.05, 0.1) is 20.0 Å². The van der Waals surface area contributed by atoms with E-state index in [1.807, 2.05) is 84.9 Å². The average Bonchev–Trinajstić information content (AvgIpc) is 3.64. The second-order valence-corrected chi connectivity index (χ2v) is 12.4. The molecule has 252 valence electrons. The van der Waals surface area contributed by atoms with Crippen LogP contribution in [0.4, 0.5) is 10.3 Å². The third-order valence-electron chi connectivity index (χ3n) is 8.34. The number of imidazole rings is 1. The van der Waals surface area contributed by atoms with Crippen molar-refractivity contribution in [3.8, 4) is 24.0 Å². The summed E-state index contributed by atoms with van der Waals surface area (Å²) in [5.74, 6) is -0.139. The number of alkyl halides is 1. The molecular formula is C35H34FN5O7P+. The monoisotopic (exact) mass is 686 g/mol. The maximum absolute atomic E-state index is 16.0. The van der Waals surface area contributed by atoms with E-state index in [2.05, 4.69) is 16.2 Å². The van der Waals surface area contributed by atoms with Crippen molar-refractivity contribution >= 4 is 25.1 Å². The van der Waals surface area contributed by atoms with Crippen molar-refractivity contribution in [1.82, 2.24) is 19.5 Å². The predicted molar refractivity (Wildman–Crippen MR) is 179 cm³/mol. The zero-order valence-electron chi connectivity index (χ0n) is 26.9. The molecule has 49 heavy (non-hydrogen) atoms. The Bertz CT molecular complexity index is 1950. The van der Waals surface area contributed by atoms with Gasteiger partial charge in [-0.3, -0.25) is 4.57 Å². The number of rotatable bonds is 12. The Balaban J connectivity index is 1.55. The number of aromatic nitrogens is 4. The second-order valence-electron chi connectivity index (χ2n) is 11.3. The highest BCUT2D eigenvalue weighted by Gasteiger charge is 2.66. The lowest BCUT2D eigenvalue weighted by Gasteiger charge is -2.37. The molecule has 0 aliphatic carbocycles. The highest BCUT2D eigenvalue weighted by atomic mass is 31.1. The van der Waals surface area contributed by atoms with Crippen molar-refractivity contribution in [2.45, 2.75) is 36.3 Å². The van der Waals surface area contributed by atoms with Crippen LogP contribution in [0.15, 0.2) is 91.3 Å². The summed E-state index contributed by atoms with van der Waals surface area (Å²) < 4.78 is 50.7. The summed E-state index contributed by atoms with van der Waals surface area (Å²) in [6.07, 6.45) is 2.86. The predicted octanol–water partition coefficient (Wildman–Crippen LogP) is 4.95.